The van der Waals surface area contributed by atoms with E-state index in [9.17, 15) is 5.11 Å². The summed E-state index contributed by atoms with van der Waals surface area (Å²) in [4.78, 5) is 0. The molecule has 0 saturated carbocycles. The van der Waals surface area contributed by atoms with Crippen molar-refractivity contribution in [1.29, 1.82) is 0 Å². The van der Waals surface area contributed by atoms with Crippen LogP contribution in [0.25, 0.3) is 21.9 Å². The van der Waals surface area contributed by atoms with Crippen LogP contribution >= 0.6 is 15.9 Å². The SMILES string of the molecule is CC.COc1ccc(N)c(-c2c(O)ccc3cc(Br)ccc23)c1C. The molecule has 24 heavy (non-hydrogen) atoms. The highest BCUT2D eigenvalue weighted by Gasteiger charge is 2.17. The number of rotatable bonds is 2. The molecule has 3 rings (SSSR count). The summed E-state index contributed by atoms with van der Waals surface area (Å²) in [5.74, 6) is 0.954. The molecule has 0 aliphatic rings. The minimum absolute atomic E-state index is 0.206. The van der Waals surface area contributed by atoms with Crippen LogP contribution in [0.15, 0.2) is 46.9 Å². The Hall–Kier alpha value is -2.20. The molecule has 3 nitrogen and oxygen atoms in total. The lowest BCUT2D eigenvalue weighted by atomic mass is 9.92. The fraction of sp³-hybridized carbons (Fsp3) is 0.200. The number of methoxy groups -OCH3 is 1. The smallest absolute Gasteiger partial charge is 0.124 e. The van der Waals surface area contributed by atoms with Crippen molar-refractivity contribution in [2.24, 2.45) is 0 Å². The molecule has 0 radical (unpaired) electrons. The van der Waals surface area contributed by atoms with E-state index in [1.54, 1.807) is 19.2 Å². The highest BCUT2D eigenvalue weighted by atomic mass is 79.9. The molecule has 4 heteroatoms. The molecule has 0 saturated heterocycles. The Morgan fingerprint density at radius 1 is 1.00 bits per heavy atom. The summed E-state index contributed by atoms with van der Waals surface area (Å²) in [5.41, 5.74) is 9.26. The monoisotopic (exact) mass is 387 g/mol. The number of phenols is 1. The van der Waals surface area contributed by atoms with Gasteiger partial charge in [-0.15, -0.1) is 0 Å². The van der Waals surface area contributed by atoms with Gasteiger partial charge in [-0.1, -0.05) is 41.9 Å². The van der Waals surface area contributed by atoms with Gasteiger partial charge in [-0.05, 0) is 48.0 Å². The summed E-state index contributed by atoms with van der Waals surface area (Å²) in [6.45, 7) is 5.95. The standard InChI is InChI=1S/C18H16BrNO2.C2H6/c1-10-16(22-2)8-6-14(20)17(10)18-13-5-4-12(19)9-11(13)3-7-15(18)21;1-2/h3-9,21H,20H2,1-2H3;1-2H3. The molecule has 0 aromatic heterocycles. The highest BCUT2D eigenvalue weighted by molar-refractivity contribution is 9.10. The zero-order valence-corrected chi connectivity index (χ0v) is 15.9. The number of fused-ring (bicyclic) bond motifs is 1. The summed E-state index contributed by atoms with van der Waals surface area (Å²) >= 11 is 3.48. The zero-order chi connectivity index (χ0) is 17.9. The van der Waals surface area contributed by atoms with Gasteiger partial charge < -0.3 is 15.6 Å². The summed E-state index contributed by atoms with van der Waals surface area (Å²) < 4.78 is 6.38. The molecule has 3 aromatic rings. The van der Waals surface area contributed by atoms with Crippen molar-refractivity contribution in [3.05, 3.63) is 52.5 Å². The summed E-state index contributed by atoms with van der Waals surface area (Å²) in [6, 6.07) is 13.2. The fourth-order valence-electron chi connectivity index (χ4n) is 2.82. The van der Waals surface area contributed by atoms with Crippen molar-refractivity contribution in [1.82, 2.24) is 0 Å². The summed E-state index contributed by atoms with van der Waals surface area (Å²) in [7, 11) is 1.63. The van der Waals surface area contributed by atoms with Gasteiger partial charge in [0.2, 0.25) is 0 Å². The number of hydrogen-bond acceptors (Lipinski definition) is 3. The molecule has 3 N–H and O–H groups in total. The molecule has 3 aromatic carbocycles. The number of phenolic OH excluding ortho intramolecular Hbond substituents is 1. The average Bonchev–Trinajstić information content (AvgIpc) is 2.59. The summed E-state index contributed by atoms with van der Waals surface area (Å²) in [5, 5.41) is 12.4. The largest absolute Gasteiger partial charge is 0.507 e. The molecule has 126 valence electrons. The van der Waals surface area contributed by atoms with Crippen molar-refractivity contribution in [2.75, 3.05) is 12.8 Å². The molecule has 0 aliphatic heterocycles. The van der Waals surface area contributed by atoms with E-state index in [2.05, 4.69) is 15.9 Å². The second kappa shape index (κ2) is 7.58. The molecular formula is C20H22BrNO2. The number of ether oxygens (including phenoxy) is 1. The number of halogens is 1. The molecule has 0 bridgehead atoms. The number of nitrogen functional groups attached to an aromatic ring is 1. The van der Waals surface area contributed by atoms with E-state index < -0.39 is 0 Å². The molecule has 0 atom stereocenters. The third kappa shape index (κ3) is 3.20. The van der Waals surface area contributed by atoms with Gasteiger partial charge in [0.05, 0.1) is 7.11 Å². The van der Waals surface area contributed by atoms with Crippen molar-refractivity contribution in [3.8, 4) is 22.6 Å². The lowest BCUT2D eigenvalue weighted by Crippen LogP contribution is -1.97. The van der Waals surface area contributed by atoms with Crippen LogP contribution in [-0.4, -0.2) is 12.2 Å². The van der Waals surface area contributed by atoms with Gasteiger partial charge >= 0.3 is 0 Å². The van der Waals surface area contributed by atoms with Gasteiger partial charge in [-0.3, -0.25) is 0 Å². The third-order valence-corrected chi connectivity index (χ3v) is 4.37. The lowest BCUT2D eigenvalue weighted by molar-refractivity contribution is 0.412. The molecular weight excluding hydrogens is 366 g/mol. The average molecular weight is 388 g/mol. The first-order valence-corrected chi connectivity index (χ1v) is 8.67. The lowest BCUT2D eigenvalue weighted by Gasteiger charge is -2.16. The van der Waals surface area contributed by atoms with E-state index in [1.807, 2.05) is 51.1 Å². The first-order chi connectivity index (χ1) is 11.5. The highest BCUT2D eigenvalue weighted by Crippen LogP contribution is 2.43. The van der Waals surface area contributed by atoms with Crippen molar-refractivity contribution in [3.63, 3.8) is 0 Å². The minimum Gasteiger partial charge on any atom is -0.507 e. The predicted molar refractivity (Wildman–Crippen MR) is 106 cm³/mol. The van der Waals surface area contributed by atoms with Crippen LogP contribution in [-0.2, 0) is 0 Å². The van der Waals surface area contributed by atoms with Crippen LogP contribution in [0.5, 0.6) is 11.5 Å². The second-order valence-electron chi connectivity index (χ2n) is 5.18. The van der Waals surface area contributed by atoms with Gasteiger partial charge in [0.25, 0.3) is 0 Å². The normalized spacial score (nSPS) is 10.2. The Morgan fingerprint density at radius 2 is 1.71 bits per heavy atom. The van der Waals surface area contributed by atoms with E-state index >= 15 is 0 Å². The number of benzene rings is 3. The topological polar surface area (TPSA) is 55.5 Å². The molecule has 0 aliphatic carbocycles. The quantitative estimate of drug-likeness (QED) is 0.538. The first kappa shape index (κ1) is 18.1. The van der Waals surface area contributed by atoms with Crippen molar-refractivity contribution < 1.29 is 9.84 Å². The Balaban J connectivity index is 0.00000100. The van der Waals surface area contributed by atoms with Gasteiger partial charge in [0, 0.05) is 26.9 Å². The molecule has 0 amide bonds. The maximum atomic E-state index is 10.4. The number of anilines is 1. The third-order valence-electron chi connectivity index (χ3n) is 3.88. The van der Waals surface area contributed by atoms with Gasteiger partial charge in [0.15, 0.2) is 0 Å². The number of hydrogen-bond donors (Lipinski definition) is 2. The predicted octanol–water partition coefficient (Wildman–Crippen LogP) is 5.90. The van der Waals surface area contributed by atoms with Crippen LogP contribution in [0, 0.1) is 6.92 Å². The van der Waals surface area contributed by atoms with Crippen LogP contribution in [0.1, 0.15) is 19.4 Å². The Labute approximate surface area is 151 Å². The molecule has 0 unspecified atom stereocenters. The van der Waals surface area contributed by atoms with Gasteiger partial charge in [0.1, 0.15) is 11.5 Å². The van der Waals surface area contributed by atoms with E-state index in [0.29, 0.717) is 5.69 Å². The Kier molecular flexibility index (Phi) is 5.73. The van der Waals surface area contributed by atoms with E-state index in [1.165, 1.54) is 0 Å². The molecule has 0 fully saturated rings. The van der Waals surface area contributed by atoms with Crippen molar-refractivity contribution in [2.45, 2.75) is 20.8 Å². The minimum atomic E-state index is 0.206. The number of aromatic hydroxyl groups is 1. The summed E-state index contributed by atoms with van der Waals surface area (Å²) in [6.07, 6.45) is 0. The Morgan fingerprint density at radius 3 is 2.38 bits per heavy atom. The second-order valence-corrected chi connectivity index (χ2v) is 6.10. The zero-order valence-electron chi connectivity index (χ0n) is 14.4. The Bertz CT molecular complexity index is 875. The van der Waals surface area contributed by atoms with Crippen LogP contribution in [0.2, 0.25) is 0 Å². The van der Waals surface area contributed by atoms with E-state index in [-0.39, 0.29) is 5.75 Å². The molecule has 0 heterocycles. The first-order valence-electron chi connectivity index (χ1n) is 7.87. The maximum absolute atomic E-state index is 10.4. The van der Waals surface area contributed by atoms with Crippen LogP contribution in [0.4, 0.5) is 5.69 Å². The van der Waals surface area contributed by atoms with Crippen LogP contribution in [0.3, 0.4) is 0 Å². The fourth-order valence-corrected chi connectivity index (χ4v) is 3.20. The van der Waals surface area contributed by atoms with Crippen LogP contribution < -0.4 is 10.5 Å². The molecule has 0 spiro atoms. The van der Waals surface area contributed by atoms with E-state index in [4.69, 9.17) is 10.5 Å². The van der Waals surface area contributed by atoms with Gasteiger partial charge in [-0.25, -0.2) is 0 Å². The van der Waals surface area contributed by atoms with Gasteiger partial charge in [-0.2, -0.15) is 0 Å². The van der Waals surface area contributed by atoms with E-state index in [0.717, 1.165) is 37.7 Å². The maximum Gasteiger partial charge on any atom is 0.124 e. The number of nitrogens with two attached hydrogens (primary N) is 1. The van der Waals surface area contributed by atoms with Crippen molar-refractivity contribution >= 4 is 32.4 Å².